The highest BCUT2D eigenvalue weighted by atomic mass is 16.5. The van der Waals surface area contributed by atoms with Gasteiger partial charge in [0.2, 0.25) is 0 Å². The van der Waals surface area contributed by atoms with Crippen molar-refractivity contribution in [3.8, 4) is 11.5 Å². The standard InChI is InChI=1S/C18H21NO2/c1-2-11-20-14-9-7-13(8-10-14)18(19)16-12-21-17-6-4-3-5-15(16)17/h3-10,16,18H,2,11-12,19H2,1H3. The fourth-order valence-electron chi connectivity index (χ4n) is 2.72. The van der Waals surface area contributed by atoms with Crippen molar-refractivity contribution in [1.29, 1.82) is 0 Å². The van der Waals surface area contributed by atoms with E-state index < -0.39 is 0 Å². The third kappa shape index (κ3) is 2.88. The highest BCUT2D eigenvalue weighted by molar-refractivity contribution is 5.42. The predicted molar refractivity (Wildman–Crippen MR) is 83.8 cm³/mol. The molecule has 2 unspecified atom stereocenters. The van der Waals surface area contributed by atoms with E-state index in [1.54, 1.807) is 0 Å². The summed E-state index contributed by atoms with van der Waals surface area (Å²) in [5.74, 6) is 2.07. The summed E-state index contributed by atoms with van der Waals surface area (Å²) in [7, 11) is 0. The van der Waals surface area contributed by atoms with Crippen LogP contribution >= 0.6 is 0 Å². The third-order valence-electron chi connectivity index (χ3n) is 3.91. The van der Waals surface area contributed by atoms with Crippen molar-refractivity contribution in [2.24, 2.45) is 5.73 Å². The molecule has 2 atom stereocenters. The van der Waals surface area contributed by atoms with Crippen LogP contribution in [0.1, 0.15) is 36.4 Å². The molecule has 110 valence electrons. The lowest BCUT2D eigenvalue weighted by Gasteiger charge is -2.19. The van der Waals surface area contributed by atoms with Crippen molar-refractivity contribution in [3.63, 3.8) is 0 Å². The lowest BCUT2D eigenvalue weighted by atomic mass is 9.89. The maximum absolute atomic E-state index is 6.44. The van der Waals surface area contributed by atoms with Gasteiger partial charge in [0.05, 0.1) is 13.2 Å². The number of benzene rings is 2. The molecule has 0 saturated carbocycles. The lowest BCUT2D eigenvalue weighted by molar-refractivity contribution is 0.313. The quantitative estimate of drug-likeness (QED) is 0.911. The van der Waals surface area contributed by atoms with E-state index in [0.717, 1.165) is 30.1 Å². The number of hydrogen-bond acceptors (Lipinski definition) is 3. The molecule has 2 aromatic carbocycles. The predicted octanol–water partition coefficient (Wildman–Crippen LogP) is 3.65. The van der Waals surface area contributed by atoms with E-state index in [-0.39, 0.29) is 12.0 Å². The first-order chi connectivity index (χ1) is 10.3. The number of rotatable bonds is 5. The monoisotopic (exact) mass is 283 g/mol. The van der Waals surface area contributed by atoms with Crippen LogP contribution in [0.5, 0.6) is 11.5 Å². The second-order valence-electron chi connectivity index (χ2n) is 5.40. The van der Waals surface area contributed by atoms with Crippen LogP contribution in [0.15, 0.2) is 48.5 Å². The molecule has 2 N–H and O–H groups in total. The summed E-state index contributed by atoms with van der Waals surface area (Å²) in [6.45, 7) is 3.49. The molecule has 21 heavy (non-hydrogen) atoms. The van der Waals surface area contributed by atoms with E-state index >= 15 is 0 Å². The van der Waals surface area contributed by atoms with Crippen LogP contribution < -0.4 is 15.2 Å². The molecular weight excluding hydrogens is 262 g/mol. The average molecular weight is 283 g/mol. The molecule has 1 aliphatic rings. The largest absolute Gasteiger partial charge is 0.494 e. The first kappa shape index (κ1) is 14.0. The van der Waals surface area contributed by atoms with Gasteiger partial charge in [-0.05, 0) is 30.2 Å². The van der Waals surface area contributed by atoms with E-state index in [9.17, 15) is 0 Å². The van der Waals surface area contributed by atoms with Gasteiger partial charge in [0, 0.05) is 17.5 Å². The first-order valence-electron chi connectivity index (χ1n) is 7.49. The zero-order valence-corrected chi connectivity index (χ0v) is 12.3. The molecule has 0 bridgehead atoms. The van der Waals surface area contributed by atoms with Gasteiger partial charge in [-0.2, -0.15) is 0 Å². The number of para-hydroxylation sites is 1. The van der Waals surface area contributed by atoms with Crippen molar-refractivity contribution in [3.05, 3.63) is 59.7 Å². The molecule has 3 rings (SSSR count). The van der Waals surface area contributed by atoms with Gasteiger partial charge in [0.25, 0.3) is 0 Å². The normalized spacial score (nSPS) is 17.9. The van der Waals surface area contributed by atoms with E-state index in [0.29, 0.717) is 6.61 Å². The van der Waals surface area contributed by atoms with Crippen molar-refractivity contribution >= 4 is 0 Å². The Hall–Kier alpha value is -2.00. The minimum absolute atomic E-state index is 0.0612. The van der Waals surface area contributed by atoms with Crippen LogP contribution in [0.2, 0.25) is 0 Å². The number of hydrogen-bond donors (Lipinski definition) is 1. The molecule has 0 radical (unpaired) electrons. The molecule has 0 spiro atoms. The van der Waals surface area contributed by atoms with Crippen LogP contribution in [0, 0.1) is 0 Å². The number of fused-ring (bicyclic) bond motifs is 1. The van der Waals surface area contributed by atoms with E-state index in [1.165, 1.54) is 5.56 Å². The first-order valence-corrected chi connectivity index (χ1v) is 7.49. The van der Waals surface area contributed by atoms with E-state index in [1.807, 2.05) is 30.3 Å². The summed E-state index contributed by atoms with van der Waals surface area (Å²) >= 11 is 0. The highest BCUT2D eigenvalue weighted by Crippen LogP contribution is 2.40. The molecule has 0 aliphatic carbocycles. The smallest absolute Gasteiger partial charge is 0.122 e. The van der Waals surface area contributed by atoms with Crippen LogP contribution in [-0.2, 0) is 0 Å². The molecular formula is C18H21NO2. The van der Waals surface area contributed by atoms with Gasteiger partial charge in [-0.3, -0.25) is 0 Å². The van der Waals surface area contributed by atoms with Gasteiger partial charge in [-0.1, -0.05) is 37.3 Å². The maximum atomic E-state index is 6.44. The zero-order valence-electron chi connectivity index (χ0n) is 12.3. The lowest BCUT2D eigenvalue weighted by Crippen LogP contribution is -2.20. The third-order valence-corrected chi connectivity index (χ3v) is 3.91. The number of nitrogens with two attached hydrogens (primary N) is 1. The highest BCUT2D eigenvalue weighted by Gasteiger charge is 2.29. The Morgan fingerprint density at radius 2 is 1.95 bits per heavy atom. The molecule has 3 heteroatoms. The molecule has 2 aromatic rings. The molecule has 3 nitrogen and oxygen atoms in total. The molecule has 0 saturated heterocycles. The van der Waals surface area contributed by atoms with Crippen LogP contribution in [-0.4, -0.2) is 13.2 Å². The summed E-state index contributed by atoms with van der Waals surface area (Å²) in [6, 6.07) is 16.2. The fraction of sp³-hybridized carbons (Fsp3) is 0.333. The Kier molecular flexibility index (Phi) is 4.11. The Morgan fingerprint density at radius 3 is 2.71 bits per heavy atom. The van der Waals surface area contributed by atoms with Crippen molar-refractivity contribution in [1.82, 2.24) is 0 Å². The Labute approximate surface area is 125 Å². The van der Waals surface area contributed by atoms with Gasteiger partial charge in [-0.15, -0.1) is 0 Å². The summed E-state index contributed by atoms with van der Waals surface area (Å²) in [5.41, 5.74) is 8.76. The zero-order chi connectivity index (χ0) is 14.7. The van der Waals surface area contributed by atoms with Crippen molar-refractivity contribution in [2.45, 2.75) is 25.3 Å². The average Bonchev–Trinajstić information content (AvgIpc) is 2.97. The maximum Gasteiger partial charge on any atom is 0.122 e. The molecule has 1 aliphatic heterocycles. The van der Waals surface area contributed by atoms with Gasteiger partial charge in [0.15, 0.2) is 0 Å². The molecule has 0 amide bonds. The minimum Gasteiger partial charge on any atom is -0.494 e. The number of ether oxygens (including phenoxy) is 2. The van der Waals surface area contributed by atoms with Gasteiger partial charge in [0.1, 0.15) is 11.5 Å². The SMILES string of the molecule is CCCOc1ccc(C(N)C2COc3ccccc32)cc1. The summed E-state index contributed by atoms with van der Waals surface area (Å²) in [6.07, 6.45) is 1.01. The van der Waals surface area contributed by atoms with Crippen molar-refractivity contribution in [2.75, 3.05) is 13.2 Å². The van der Waals surface area contributed by atoms with E-state index in [4.69, 9.17) is 15.2 Å². The van der Waals surface area contributed by atoms with Crippen molar-refractivity contribution < 1.29 is 9.47 Å². The van der Waals surface area contributed by atoms with Gasteiger partial charge >= 0.3 is 0 Å². The Bertz CT molecular complexity index is 594. The van der Waals surface area contributed by atoms with E-state index in [2.05, 4.69) is 25.1 Å². The van der Waals surface area contributed by atoms with Gasteiger partial charge in [-0.25, -0.2) is 0 Å². The summed E-state index contributed by atoms with van der Waals surface area (Å²) in [4.78, 5) is 0. The Balaban J connectivity index is 1.75. The van der Waals surface area contributed by atoms with Gasteiger partial charge < -0.3 is 15.2 Å². The topological polar surface area (TPSA) is 44.5 Å². The summed E-state index contributed by atoms with van der Waals surface area (Å²) < 4.78 is 11.3. The van der Waals surface area contributed by atoms with Crippen LogP contribution in [0.4, 0.5) is 0 Å². The van der Waals surface area contributed by atoms with Crippen LogP contribution in [0.3, 0.4) is 0 Å². The molecule has 0 aromatic heterocycles. The fourth-order valence-corrected chi connectivity index (χ4v) is 2.72. The second-order valence-corrected chi connectivity index (χ2v) is 5.40. The molecule has 0 fully saturated rings. The Morgan fingerprint density at radius 1 is 1.19 bits per heavy atom. The second kappa shape index (κ2) is 6.19. The molecule has 1 heterocycles. The van der Waals surface area contributed by atoms with Crippen LogP contribution in [0.25, 0.3) is 0 Å². The minimum atomic E-state index is -0.0612. The summed E-state index contributed by atoms with van der Waals surface area (Å²) in [5, 5.41) is 0.